The van der Waals surface area contributed by atoms with Gasteiger partial charge in [-0.25, -0.2) is 0 Å². The van der Waals surface area contributed by atoms with Gasteiger partial charge in [-0.3, -0.25) is 4.68 Å². The number of nitriles is 1. The zero-order valence-corrected chi connectivity index (χ0v) is 11.9. The third-order valence-electron chi connectivity index (χ3n) is 3.10. The van der Waals surface area contributed by atoms with Crippen LogP contribution in [-0.4, -0.2) is 16.8 Å². The average molecular weight is 275 g/mol. The Hall–Kier alpha value is -1.99. The Labute approximate surface area is 117 Å². The highest BCUT2D eigenvalue weighted by Crippen LogP contribution is 2.24. The third kappa shape index (κ3) is 2.56. The number of hydrogen-bond donors (Lipinski definition) is 0. The van der Waals surface area contributed by atoms with Gasteiger partial charge in [0.05, 0.1) is 16.9 Å². The fourth-order valence-electron chi connectivity index (χ4n) is 2.08. The predicted octanol–water partition coefficient (Wildman–Crippen LogP) is 2.89. The Morgan fingerprint density at radius 2 is 2.11 bits per heavy atom. The van der Waals surface area contributed by atoms with E-state index in [1.807, 2.05) is 50.2 Å². The molecule has 0 aliphatic heterocycles. The summed E-state index contributed by atoms with van der Waals surface area (Å²) in [5.74, 6) is 0. The highest BCUT2D eigenvalue weighted by atomic mass is 35.5. The summed E-state index contributed by atoms with van der Waals surface area (Å²) in [7, 11) is 3.76. The van der Waals surface area contributed by atoms with E-state index < -0.39 is 0 Å². The number of aryl methyl sites for hydroxylation is 2. The topological polar surface area (TPSA) is 44.9 Å². The van der Waals surface area contributed by atoms with Gasteiger partial charge in [0.25, 0.3) is 0 Å². The molecule has 0 fully saturated rings. The molecular weight excluding hydrogens is 260 g/mol. The Bertz CT molecular complexity index is 639. The SMILES string of the molecule is Cc1nn(C)c(Cl)c1CN(C)c1ccccc1C#N. The number of halogens is 1. The normalized spacial score (nSPS) is 10.3. The lowest BCUT2D eigenvalue weighted by atomic mass is 10.1. The molecule has 2 rings (SSSR count). The Morgan fingerprint density at radius 3 is 2.68 bits per heavy atom. The number of benzene rings is 1. The Kier molecular flexibility index (Phi) is 3.77. The maximum Gasteiger partial charge on any atom is 0.131 e. The molecule has 1 aromatic heterocycles. The largest absolute Gasteiger partial charge is 0.369 e. The summed E-state index contributed by atoms with van der Waals surface area (Å²) in [6.07, 6.45) is 0. The Balaban J connectivity index is 2.31. The predicted molar refractivity (Wildman–Crippen MR) is 76.2 cm³/mol. The molecule has 0 aliphatic carbocycles. The van der Waals surface area contributed by atoms with Gasteiger partial charge in [0.15, 0.2) is 0 Å². The first-order valence-electron chi connectivity index (χ1n) is 5.92. The molecule has 98 valence electrons. The van der Waals surface area contributed by atoms with Crippen molar-refractivity contribution in [2.24, 2.45) is 7.05 Å². The molecule has 0 saturated carbocycles. The molecule has 0 unspecified atom stereocenters. The molecule has 0 saturated heterocycles. The number of rotatable bonds is 3. The second-order valence-corrected chi connectivity index (χ2v) is 4.82. The second kappa shape index (κ2) is 5.33. The molecule has 1 aromatic carbocycles. The van der Waals surface area contributed by atoms with E-state index in [9.17, 15) is 0 Å². The lowest BCUT2D eigenvalue weighted by molar-refractivity contribution is 0.757. The first kappa shape index (κ1) is 13.4. The molecule has 0 amide bonds. The van der Waals surface area contributed by atoms with Crippen molar-refractivity contribution in [1.82, 2.24) is 9.78 Å². The van der Waals surface area contributed by atoms with Crippen molar-refractivity contribution in [3.63, 3.8) is 0 Å². The van der Waals surface area contributed by atoms with E-state index >= 15 is 0 Å². The van der Waals surface area contributed by atoms with Crippen LogP contribution in [0.4, 0.5) is 5.69 Å². The maximum absolute atomic E-state index is 9.13. The van der Waals surface area contributed by atoms with Crippen molar-refractivity contribution in [2.45, 2.75) is 13.5 Å². The van der Waals surface area contributed by atoms with Crippen LogP contribution in [0, 0.1) is 18.3 Å². The lowest BCUT2D eigenvalue weighted by Gasteiger charge is -2.20. The summed E-state index contributed by atoms with van der Waals surface area (Å²) >= 11 is 6.23. The molecule has 4 nitrogen and oxygen atoms in total. The van der Waals surface area contributed by atoms with E-state index in [4.69, 9.17) is 16.9 Å². The molecule has 0 atom stereocenters. The quantitative estimate of drug-likeness (QED) is 0.864. The standard InChI is InChI=1S/C14H15ClN4/c1-10-12(14(15)19(3)17-10)9-18(2)13-7-5-4-6-11(13)8-16/h4-7H,9H2,1-3H3. The van der Waals surface area contributed by atoms with Crippen molar-refractivity contribution in [3.8, 4) is 6.07 Å². The fourth-order valence-corrected chi connectivity index (χ4v) is 2.31. The van der Waals surface area contributed by atoms with Crippen molar-refractivity contribution in [3.05, 3.63) is 46.2 Å². The molecule has 19 heavy (non-hydrogen) atoms. The number of aromatic nitrogens is 2. The van der Waals surface area contributed by atoms with Crippen LogP contribution in [0.5, 0.6) is 0 Å². The van der Waals surface area contributed by atoms with Crippen LogP contribution in [-0.2, 0) is 13.6 Å². The number of para-hydroxylation sites is 1. The Morgan fingerprint density at radius 1 is 1.42 bits per heavy atom. The average Bonchev–Trinajstić information content (AvgIpc) is 2.65. The van der Waals surface area contributed by atoms with Gasteiger partial charge in [0.2, 0.25) is 0 Å². The van der Waals surface area contributed by atoms with Crippen LogP contribution in [0.3, 0.4) is 0 Å². The van der Waals surface area contributed by atoms with Crippen LogP contribution < -0.4 is 4.90 Å². The monoisotopic (exact) mass is 274 g/mol. The van der Waals surface area contributed by atoms with Crippen molar-refractivity contribution in [1.29, 1.82) is 5.26 Å². The lowest BCUT2D eigenvalue weighted by Crippen LogP contribution is -2.18. The first-order chi connectivity index (χ1) is 9.04. The molecule has 5 heteroatoms. The molecule has 0 N–H and O–H groups in total. The molecule has 0 radical (unpaired) electrons. The first-order valence-corrected chi connectivity index (χ1v) is 6.30. The summed E-state index contributed by atoms with van der Waals surface area (Å²) in [5, 5.41) is 14.1. The summed E-state index contributed by atoms with van der Waals surface area (Å²) in [4.78, 5) is 2.01. The van der Waals surface area contributed by atoms with Gasteiger partial charge < -0.3 is 4.90 Å². The minimum atomic E-state index is 0.622. The van der Waals surface area contributed by atoms with E-state index in [2.05, 4.69) is 11.2 Å². The van der Waals surface area contributed by atoms with Gasteiger partial charge in [0, 0.05) is 26.2 Å². The van der Waals surface area contributed by atoms with E-state index in [-0.39, 0.29) is 0 Å². The molecule has 2 aromatic rings. The second-order valence-electron chi connectivity index (χ2n) is 4.46. The van der Waals surface area contributed by atoms with E-state index in [1.165, 1.54) is 0 Å². The van der Waals surface area contributed by atoms with E-state index in [0.29, 0.717) is 17.3 Å². The van der Waals surface area contributed by atoms with Crippen molar-refractivity contribution < 1.29 is 0 Å². The van der Waals surface area contributed by atoms with Gasteiger partial charge in [-0.2, -0.15) is 10.4 Å². The smallest absolute Gasteiger partial charge is 0.131 e. The fraction of sp³-hybridized carbons (Fsp3) is 0.286. The van der Waals surface area contributed by atoms with Gasteiger partial charge in [-0.15, -0.1) is 0 Å². The minimum Gasteiger partial charge on any atom is -0.369 e. The van der Waals surface area contributed by atoms with Gasteiger partial charge in [-0.1, -0.05) is 23.7 Å². The van der Waals surface area contributed by atoms with E-state index in [1.54, 1.807) is 4.68 Å². The molecule has 1 heterocycles. The van der Waals surface area contributed by atoms with Gasteiger partial charge in [0.1, 0.15) is 11.2 Å². The number of hydrogen-bond acceptors (Lipinski definition) is 3. The highest BCUT2D eigenvalue weighted by molar-refractivity contribution is 6.30. The van der Waals surface area contributed by atoms with Crippen LogP contribution in [0.1, 0.15) is 16.8 Å². The summed E-state index contributed by atoms with van der Waals surface area (Å²) in [6.45, 7) is 2.56. The maximum atomic E-state index is 9.13. The molecular formula is C14H15ClN4. The van der Waals surface area contributed by atoms with Crippen LogP contribution in [0.25, 0.3) is 0 Å². The van der Waals surface area contributed by atoms with Crippen LogP contribution in [0.2, 0.25) is 5.15 Å². The summed E-state index contributed by atoms with van der Waals surface area (Å²) in [5.41, 5.74) is 3.44. The molecule has 0 aliphatic rings. The number of nitrogens with zero attached hydrogens (tertiary/aromatic N) is 4. The number of anilines is 1. The summed E-state index contributed by atoms with van der Waals surface area (Å²) in [6, 6.07) is 9.72. The zero-order valence-electron chi connectivity index (χ0n) is 11.2. The van der Waals surface area contributed by atoms with Crippen LogP contribution >= 0.6 is 11.6 Å². The minimum absolute atomic E-state index is 0.622. The van der Waals surface area contributed by atoms with E-state index in [0.717, 1.165) is 16.9 Å². The highest BCUT2D eigenvalue weighted by Gasteiger charge is 2.15. The van der Waals surface area contributed by atoms with Crippen molar-refractivity contribution >= 4 is 17.3 Å². The zero-order chi connectivity index (χ0) is 14.0. The molecule has 0 bridgehead atoms. The van der Waals surface area contributed by atoms with Crippen molar-refractivity contribution in [2.75, 3.05) is 11.9 Å². The van der Waals surface area contributed by atoms with Gasteiger partial charge >= 0.3 is 0 Å². The third-order valence-corrected chi connectivity index (χ3v) is 3.57. The van der Waals surface area contributed by atoms with Crippen LogP contribution in [0.15, 0.2) is 24.3 Å². The van der Waals surface area contributed by atoms with Gasteiger partial charge in [-0.05, 0) is 19.1 Å². The summed E-state index contributed by atoms with van der Waals surface area (Å²) < 4.78 is 1.66. The molecule has 0 spiro atoms.